The van der Waals surface area contributed by atoms with E-state index >= 15 is 0 Å². The molecule has 5 heteroatoms. The second kappa shape index (κ2) is 7.33. The second-order valence-electron chi connectivity index (χ2n) is 4.70. The van der Waals surface area contributed by atoms with Gasteiger partial charge in [-0.3, -0.25) is 4.79 Å². The molecule has 1 amide bonds. The number of rotatable bonds is 5. The lowest BCUT2D eigenvalue weighted by molar-refractivity contribution is -0.115. The molecule has 0 aliphatic carbocycles. The van der Waals surface area contributed by atoms with Gasteiger partial charge in [0.15, 0.2) is 0 Å². The van der Waals surface area contributed by atoms with Crippen molar-refractivity contribution < 1.29 is 9.18 Å². The molecule has 0 bridgehead atoms. The number of hydrogen-bond donors (Lipinski definition) is 2. The van der Waals surface area contributed by atoms with Crippen LogP contribution in [-0.2, 0) is 11.3 Å². The molecule has 3 nitrogen and oxygen atoms in total. The molecule has 0 unspecified atom stereocenters. The summed E-state index contributed by atoms with van der Waals surface area (Å²) in [5, 5.41) is 5.84. The Morgan fingerprint density at radius 2 is 2.00 bits per heavy atom. The number of carbonyl (C=O) groups excluding carboxylic acids is 1. The van der Waals surface area contributed by atoms with Crippen molar-refractivity contribution in [3.63, 3.8) is 0 Å². The van der Waals surface area contributed by atoms with Crippen LogP contribution in [-0.4, -0.2) is 12.5 Å². The van der Waals surface area contributed by atoms with Crippen LogP contribution < -0.4 is 10.6 Å². The van der Waals surface area contributed by atoms with E-state index in [0.29, 0.717) is 6.54 Å². The fourth-order valence-electron chi connectivity index (χ4n) is 1.90. The number of para-hydroxylation sites is 1. The standard InChI is InChI=1S/C16H16BrFN2O/c1-11-4-2-3-5-15(11)20-16(21)10-19-9-12-8-13(18)6-7-14(12)17/h2-8,19H,9-10H2,1H3,(H,20,21). The summed E-state index contributed by atoms with van der Waals surface area (Å²) >= 11 is 3.35. The molecule has 0 aliphatic rings. The van der Waals surface area contributed by atoms with E-state index in [1.165, 1.54) is 12.1 Å². The number of nitrogens with one attached hydrogen (secondary N) is 2. The van der Waals surface area contributed by atoms with Crippen molar-refractivity contribution in [3.8, 4) is 0 Å². The maximum absolute atomic E-state index is 13.1. The minimum Gasteiger partial charge on any atom is -0.325 e. The molecule has 0 saturated heterocycles. The Hall–Kier alpha value is -1.72. The lowest BCUT2D eigenvalue weighted by atomic mass is 10.2. The van der Waals surface area contributed by atoms with Gasteiger partial charge in [-0.2, -0.15) is 0 Å². The summed E-state index contributed by atoms with van der Waals surface area (Å²) in [6.07, 6.45) is 0. The maximum atomic E-state index is 13.1. The highest BCUT2D eigenvalue weighted by atomic mass is 79.9. The molecule has 0 aliphatic heterocycles. The van der Waals surface area contributed by atoms with Crippen LogP contribution in [0.4, 0.5) is 10.1 Å². The zero-order chi connectivity index (χ0) is 15.2. The van der Waals surface area contributed by atoms with Gasteiger partial charge in [0.2, 0.25) is 5.91 Å². The predicted octanol–water partition coefficient (Wildman–Crippen LogP) is 3.62. The first kappa shape index (κ1) is 15.7. The Morgan fingerprint density at radius 3 is 2.76 bits per heavy atom. The van der Waals surface area contributed by atoms with Crippen LogP contribution in [0.5, 0.6) is 0 Å². The SMILES string of the molecule is Cc1ccccc1NC(=O)CNCc1cc(F)ccc1Br. The van der Waals surface area contributed by atoms with E-state index in [4.69, 9.17) is 0 Å². The minimum atomic E-state index is -0.292. The number of anilines is 1. The average molecular weight is 351 g/mol. The predicted molar refractivity (Wildman–Crippen MR) is 85.6 cm³/mol. The highest BCUT2D eigenvalue weighted by Crippen LogP contribution is 2.17. The summed E-state index contributed by atoms with van der Waals surface area (Å²) in [6, 6.07) is 12.1. The number of hydrogen-bond acceptors (Lipinski definition) is 2. The van der Waals surface area contributed by atoms with Gasteiger partial charge in [-0.15, -0.1) is 0 Å². The summed E-state index contributed by atoms with van der Waals surface area (Å²) in [4.78, 5) is 11.8. The lowest BCUT2D eigenvalue weighted by Gasteiger charge is -2.09. The summed E-state index contributed by atoms with van der Waals surface area (Å²) in [5.74, 6) is -0.420. The topological polar surface area (TPSA) is 41.1 Å². The van der Waals surface area contributed by atoms with Crippen LogP contribution >= 0.6 is 15.9 Å². The van der Waals surface area contributed by atoms with E-state index in [1.54, 1.807) is 6.07 Å². The van der Waals surface area contributed by atoms with E-state index < -0.39 is 0 Å². The summed E-state index contributed by atoms with van der Waals surface area (Å²) < 4.78 is 14.0. The van der Waals surface area contributed by atoms with Crippen LogP contribution in [0.3, 0.4) is 0 Å². The Labute approximate surface area is 131 Å². The third-order valence-corrected chi connectivity index (χ3v) is 3.80. The second-order valence-corrected chi connectivity index (χ2v) is 5.56. The lowest BCUT2D eigenvalue weighted by Crippen LogP contribution is -2.28. The number of amides is 1. The van der Waals surface area contributed by atoms with Crippen LogP contribution in [0.15, 0.2) is 46.9 Å². The Bertz CT molecular complexity index is 646. The molecule has 110 valence electrons. The zero-order valence-corrected chi connectivity index (χ0v) is 13.2. The van der Waals surface area contributed by atoms with Crippen molar-refractivity contribution in [1.29, 1.82) is 0 Å². The van der Waals surface area contributed by atoms with E-state index in [-0.39, 0.29) is 18.3 Å². The molecule has 0 saturated carbocycles. The third kappa shape index (κ3) is 4.65. The zero-order valence-electron chi connectivity index (χ0n) is 11.6. The molecule has 2 N–H and O–H groups in total. The van der Waals surface area contributed by atoms with Gasteiger partial charge in [0.1, 0.15) is 5.82 Å². The summed E-state index contributed by atoms with van der Waals surface area (Å²) in [7, 11) is 0. The van der Waals surface area contributed by atoms with Gasteiger partial charge in [-0.25, -0.2) is 4.39 Å². The van der Waals surface area contributed by atoms with Crippen molar-refractivity contribution in [2.45, 2.75) is 13.5 Å². The molecule has 21 heavy (non-hydrogen) atoms. The first-order valence-electron chi connectivity index (χ1n) is 6.56. The van der Waals surface area contributed by atoms with Gasteiger partial charge in [0, 0.05) is 16.7 Å². The van der Waals surface area contributed by atoms with Crippen LogP contribution in [0, 0.1) is 12.7 Å². The molecule has 0 fully saturated rings. The molecule has 2 aromatic carbocycles. The normalized spacial score (nSPS) is 10.4. The Morgan fingerprint density at radius 1 is 1.24 bits per heavy atom. The molecular formula is C16H16BrFN2O. The average Bonchev–Trinajstić information content (AvgIpc) is 2.45. The van der Waals surface area contributed by atoms with Gasteiger partial charge in [0.05, 0.1) is 6.54 Å². The van der Waals surface area contributed by atoms with Gasteiger partial charge >= 0.3 is 0 Å². The van der Waals surface area contributed by atoms with Crippen molar-refractivity contribution in [3.05, 3.63) is 63.9 Å². The minimum absolute atomic E-state index is 0.128. The van der Waals surface area contributed by atoms with Crippen molar-refractivity contribution in [2.24, 2.45) is 0 Å². The highest BCUT2D eigenvalue weighted by molar-refractivity contribution is 9.10. The molecule has 2 rings (SSSR count). The quantitative estimate of drug-likeness (QED) is 0.864. The number of benzene rings is 2. The summed E-state index contributed by atoms with van der Waals surface area (Å²) in [6.45, 7) is 2.52. The Balaban J connectivity index is 1.85. The first-order chi connectivity index (χ1) is 10.1. The maximum Gasteiger partial charge on any atom is 0.238 e. The van der Waals surface area contributed by atoms with Gasteiger partial charge in [0.25, 0.3) is 0 Å². The van der Waals surface area contributed by atoms with E-state index in [1.807, 2.05) is 31.2 Å². The van der Waals surface area contributed by atoms with Gasteiger partial charge in [-0.1, -0.05) is 34.1 Å². The van der Waals surface area contributed by atoms with Crippen LogP contribution in [0.25, 0.3) is 0 Å². The fourth-order valence-corrected chi connectivity index (χ4v) is 2.28. The number of halogens is 2. The smallest absolute Gasteiger partial charge is 0.238 e. The monoisotopic (exact) mass is 350 g/mol. The molecule has 0 atom stereocenters. The van der Waals surface area contributed by atoms with Crippen molar-refractivity contribution >= 4 is 27.5 Å². The first-order valence-corrected chi connectivity index (χ1v) is 7.35. The van der Waals surface area contributed by atoms with Gasteiger partial charge in [-0.05, 0) is 42.3 Å². The molecule has 0 aromatic heterocycles. The Kier molecular flexibility index (Phi) is 5.47. The highest BCUT2D eigenvalue weighted by Gasteiger charge is 2.05. The van der Waals surface area contributed by atoms with Crippen LogP contribution in [0.1, 0.15) is 11.1 Å². The third-order valence-electron chi connectivity index (χ3n) is 3.03. The molecule has 2 aromatic rings. The fraction of sp³-hybridized carbons (Fsp3) is 0.188. The van der Waals surface area contributed by atoms with Gasteiger partial charge < -0.3 is 10.6 Å². The van der Waals surface area contributed by atoms with Crippen molar-refractivity contribution in [1.82, 2.24) is 5.32 Å². The molecular weight excluding hydrogens is 335 g/mol. The summed E-state index contributed by atoms with van der Waals surface area (Å²) in [5.41, 5.74) is 2.59. The molecule has 0 radical (unpaired) electrons. The molecule has 0 heterocycles. The van der Waals surface area contributed by atoms with Crippen molar-refractivity contribution in [2.75, 3.05) is 11.9 Å². The van der Waals surface area contributed by atoms with E-state index in [0.717, 1.165) is 21.3 Å². The van der Waals surface area contributed by atoms with E-state index in [2.05, 4.69) is 26.6 Å². The molecule has 0 spiro atoms. The van der Waals surface area contributed by atoms with Crippen LogP contribution in [0.2, 0.25) is 0 Å². The number of carbonyl (C=O) groups is 1. The number of aryl methyl sites for hydroxylation is 1. The van der Waals surface area contributed by atoms with E-state index in [9.17, 15) is 9.18 Å². The largest absolute Gasteiger partial charge is 0.325 e.